The topological polar surface area (TPSA) is 79.8 Å². The van der Waals surface area contributed by atoms with Gasteiger partial charge in [-0.25, -0.2) is 0 Å². The molecular formula is C17H15BrN4O2. The number of aromatic hydroxyl groups is 1. The van der Waals surface area contributed by atoms with Crippen LogP contribution in [0.15, 0.2) is 57.4 Å². The number of carbonyl (C=O) groups excluding carboxylic acids is 1. The number of benzene rings is 1. The Morgan fingerprint density at radius 1 is 1.29 bits per heavy atom. The standard InChI is InChI=1S/C17H15BrN4O2/c1-10(2)22-14-6-4-3-5-13(14)15(17(22)24)20-21-16(23)11-7-12(18)9-19-8-11/h3-10,24H,1-2H3. The molecule has 6 nitrogen and oxygen atoms in total. The van der Waals surface area contributed by atoms with Crippen molar-refractivity contribution in [1.29, 1.82) is 0 Å². The number of hydrogen-bond donors (Lipinski definition) is 1. The first-order chi connectivity index (χ1) is 11.5. The fourth-order valence-corrected chi connectivity index (χ4v) is 2.90. The minimum atomic E-state index is -0.524. The highest BCUT2D eigenvalue weighted by atomic mass is 79.9. The van der Waals surface area contributed by atoms with E-state index in [1.165, 1.54) is 6.20 Å². The number of fused-ring (bicyclic) bond motifs is 1. The molecule has 0 bridgehead atoms. The van der Waals surface area contributed by atoms with Gasteiger partial charge in [-0.3, -0.25) is 9.78 Å². The van der Waals surface area contributed by atoms with E-state index in [4.69, 9.17) is 0 Å². The van der Waals surface area contributed by atoms with Crippen LogP contribution in [0.2, 0.25) is 0 Å². The maximum atomic E-state index is 12.1. The molecule has 3 rings (SSSR count). The van der Waals surface area contributed by atoms with Crippen LogP contribution in [0.25, 0.3) is 10.9 Å². The highest BCUT2D eigenvalue weighted by Crippen LogP contribution is 2.40. The molecule has 1 amide bonds. The molecule has 122 valence electrons. The highest BCUT2D eigenvalue weighted by molar-refractivity contribution is 9.10. The zero-order chi connectivity index (χ0) is 17.3. The summed E-state index contributed by atoms with van der Waals surface area (Å²) in [7, 11) is 0. The molecular weight excluding hydrogens is 372 g/mol. The number of amides is 1. The van der Waals surface area contributed by atoms with E-state index in [2.05, 4.69) is 31.1 Å². The zero-order valence-electron chi connectivity index (χ0n) is 13.1. The predicted molar refractivity (Wildman–Crippen MR) is 94.8 cm³/mol. The van der Waals surface area contributed by atoms with Gasteiger partial charge in [0.25, 0.3) is 5.91 Å². The number of rotatable bonds is 3. The largest absolute Gasteiger partial charge is 0.493 e. The van der Waals surface area contributed by atoms with Crippen LogP contribution in [0.5, 0.6) is 5.88 Å². The van der Waals surface area contributed by atoms with Crippen molar-refractivity contribution in [2.24, 2.45) is 10.2 Å². The van der Waals surface area contributed by atoms with Crippen molar-refractivity contribution >= 4 is 38.4 Å². The Balaban J connectivity index is 2.04. The number of aromatic nitrogens is 2. The number of para-hydroxylation sites is 1. The first kappa shape index (κ1) is 16.3. The quantitative estimate of drug-likeness (QED) is 0.642. The minimum Gasteiger partial charge on any atom is -0.493 e. The van der Waals surface area contributed by atoms with E-state index in [0.29, 0.717) is 10.0 Å². The number of azo groups is 1. The Kier molecular flexibility index (Phi) is 4.44. The average Bonchev–Trinajstić information content (AvgIpc) is 2.84. The van der Waals surface area contributed by atoms with Gasteiger partial charge in [0.1, 0.15) is 0 Å². The molecule has 0 radical (unpaired) electrons. The number of halogens is 1. The molecule has 1 aromatic carbocycles. The van der Waals surface area contributed by atoms with Crippen LogP contribution in [0.4, 0.5) is 5.69 Å². The van der Waals surface area contributed by atoms with Crippen LogP contribution in [0.3, 0.4) is 0 Å². The second kappa shape index (κ2) is 6.52. The molecule has 0 spiro atoms. The molecule has 0 unspecified atom stereocenters. The summed E-state index contributed by atoms with van der Waals surface area (Å²) in [5.74, 6) is -0.528. The highest BCUT2D eigenvalue weighted by Gasteiger charge is 2.18. The number of carbonyl (C=O) groups is 1. The summed E-state index contributed by atoms with van der Waals surface area (Å²) in [5.41, 5.74) is 1.45. The van der Waals surface area contributed by atoms with Gasteiger partial charge in [0.15, 0.2) is 5.69 Å². The van der Waals surface area contributed by atoms with Crippen LogP contribution >= 0.6 is 15.9 Å². The van der Waals surface area contributed by atoms with Crippen molar-refractivity contribution in [3.05, 3.63) is 52.8 Å². The van der Waals surface area contributed by atoms with E-state index in [9.17, 15) is 9.90 Å². The first-order valence-electron chi connectivity index (χ1n) is 7.37. The van der Waals surface area contributed by atoms with E-state index in [1.54, 1.807) is 16.8 Å². The Hall–Kier alpha value is -2.54. The third-order valence-corrected chi connectivity index (χ3v) is 4.00. The number of hydrogen-bond acceptors (Lipinski definition) is 4. The Morgan fingerprint density at radius 3 is 2.75 bits per heavy atom. The van der Waals surface area contributed by atoms with E-state index in [1.807, 2.05) is 38.1 Å². The second-order valence-corrected chi connectivity index (χ2v) is 6.47. The number of nitrogens with zero attached hydrogens (tertiary/aromatic N) is 4. The fraction of sp³-hybridized carbons (Fsp3) is 0.176. The monoisotopic (exact) mass is 386 g/mol. The first-order valence-corrected chi connectivity index (χ1v) is 8.17. The van der Waals surface area contributed by atoms with Crippen LogP contribution < -0.4 is 0 Å². The average molecular weight is 387 g/mol. The Bertz CT molecular complexity index is 947. The van der Waals surface area contributed by atoms with Crippen LogP contribution in [0.1, 0.15) is 30.2 Å². The lowest BCUT2D eigenvalue weighted by Crippen LogP contribution is -1.98. The third kappa shape index (κ3) is 2.94. The molecule has 7 heteroatoms. The maximum Gasteiger partial charge on any atom is 0.297 e. The van der Waals surface area contributed by atoms with Gasteiger partial charge >= 0.3 is 0 Å². The molecule has 0 saturated carbocycles. The SMILES string of the molecule is CC(C)n1c(O)c(N=NC(=O)c2cncc(Br)c2)c2ccccc21. The smallest absolute Gasteiger partial charge is 0.297 e. The van der Waals surface area contributed by atoms with Crippen molar-refractivity contribution < 1.29 is 9.90 Å². The molecule has 0 atom stereocenters. The third-order valence-electron chi connectivity index (χ3n) is 3.57. The van der Waals surface area contributed by atoms with Gasteiger partial charge in [0, 0.05) is 28.3 Å². The van der Waals surface area contributed by atoms with Crippen molar-refractivity contribution in [2.45, 2.75) is 19.9 Å². The molecule has 24 heavy (non-hydrogen) atoms. The summed E-state index contributed by atoms with van der Waals surface area (Å²) in [4.78, 5) is 16.1. The van der Waals surface area contributed by atoms with Crippen molar-refractivity contribution in [2.75, 3.05) is 0 Å². The second-order valence-electron chi connectivity index (χ2n) is 5.55. The van der Waals surface area contributed by atoms with E-state index < -0.39 is 5.91 Å². The normalized spacial score (nSPS) is 11.7. The molecule has 0 aliphatic rings. The van der Waals surface area contributed by atoms with E-state index in [0.717, 1.165) is 10.9 Å². The summed E-state index contributed by atoms with van der Waals surface area (Å²) < 4.78 is 2.44. The Morgan fingerprint density at radius 2 is 2.04 bits per heavy atom. The fourth-order valence-electron chi connectivity index (χ4n) is 2.54. The van der Waals surface area contributed by atoms with Crippen LogP contribution in [-0.4, -0.2) is 20.6 Å². The lowest BCUT2D eigenvalue weighted by atomic mass is 10.2. The molecule has 0 saturated heterocycles. The van der Waals surface area contributed by atoms with Crippen molar-refractivity contribution in [1.82, 2.24) is 9.55 Å². The van der Waals surface area contributed by atoms with Gasteiger partial charge in [-0.2, -0.15) is 0 Å². The Labute approximate surface area is 147 Å². The van der Waals surface area contributed by atoms with Crippen molar-refractivity contribution in [3.63, 3.8) is 0 Å². The van der Waals surface area contributed by atoms with Gasteiger partial charge in [-0.15, -0.1) is 10.2 Å². The molecule has 0 fully saturated rings. The summed E-state index contributed by atoms with van der Waals surface area (Å²) >= 11 is 3.26. The molecule has 0 aliphatic carbocycles. The van der Waals surface area contributed by atoms with Gasteiger partial charge in [0.05, 0.1) is 11.1 Å². The van der Waals surface area contributed by atoms with Crippen LogP contribution in [0, 0.1) is 0 Å². The van der Waals surface area contributed by atoms with Gasteiger partial charge < -0.3 is 9.67 Å². The summed E-state index contributed by atoms with van der Waals surface area (Å²) in [5, 5.41) is 19.0. The molecule has 2 aromatic heterocycles. The number of pyridine rings is 1. The lowest BCUT2D eigenvalue weighted by Gasteiger charge is -2.10. The van der Waals surface area contributed by atoms with Gasteiger partial charge in [-0.1, -0.05) is 18.2 Å². The summed E-state index contributed by atoms with van der Waals surface area (Å²) in [6, 6.07) is 9.14. The summed E-state index contributed by atoms with van der Waals surface area (Å²) in [6.07, 6.45) is 3.00. The van der Waals surface area contributed by atoms with E-state index in [-0.39, 0.29) is 17.6 Å². The molecule has 2 heterocycles. The summed E-state index contributed by atoms with van der Waals surface area (Å²) in [6.45, 7) is 3.93. The van der Waals surface area contributed by atoms with Crippen LogP contribution in [-0.2, 0) is 0 Å². The van der Waals surface area contributed by atoms with Gasteiger partial charge in [0.2, 0.25) is 5.88 Å². The predicted octanol–water partition coefficient (Wildman–Crippen LogP) is 5.01. The van der Waals surface area contributed by atoms with E-state index >= 15 is 0 Å². The maximum absolute atomic E-state index is 12.1. The van der Waals surface area contributed by atoms with Crippen molar-refractivity contribution in [3.8, 4) is 5.88 Å². The minimum absolute atomic E-state index is 0.00452. The molecule has 3 aromatic rings. The lowest BCUT2D eigenvalue weighted by molar-refractivity contribution is 0.0994. The van der Waals surface area contributed by atoms with Gasteiger partial charge in [-0.05, 0) is 41.9 Å². The zero-order valence-corrected chi connectivity index (χ0v) is 14.7. The molecule has 1 N–H and O–H groups in total. The molecule has 0 aliphatic heterocycles.